The number of amides is 1. The number of para-hydroxylation sites is 1. The third-order valence-electron chi connectivity index (χ3n) is 4.28. The van der Waals surface area contributed by atoms with Gasteiger partial charge < -0.3 is 5.73 Å². The Hall–Kier alpha value is -2.07. The Morgan fingerprint density at radius 2 is 1.76 bits per heavy atom. The molecule has 0 saturated carbocycles. The Morgan fingerprint density at radius 3 is 2.32 bits per heavy atom. The lowest BCUT2D eigenvalue weighted by Crippen LogP contribution is -2.55. The maximum absolute atomic E-state index is 13.2. The third kappa shape index (κ3) is 2.89. The molecule has 136 valence electrons. The number of nitrogens with zero attached hydrogens (tertiary/aromatic N) is 2. The molecule has 1 unspecified atom stereocenters. The smallest absolute Gasteiger partial charge is 0.366 e. The molecule has 1 amide bonds. The summed E-state index contributed by atoms with van der Waals surface area (Å²) in [5.74, 6) is -0.976. The summed E-state index contributed by atoms with van der Waals surface area (Å²) in [5, 5.41) is 0.626. The minimum atomic E-state index is -5.60. The normalized spacial score (nSPS) is 21.8. The molecule has 0 aromatic heterocycles. The molecule has 1 saturated heterocycles. The van der Waals surface area contributed by atoms with Gasteiger partial charge in [0.1, 0.15) is 0 Å². The van der Waals surface area contributed by atoms with Crippen molar-refractivity contribution in [3.05, 3.63) is 35.9 Å². The molecule has 2 aliphatic rings. The second-order valence-corrected chi connectivity index (χ2v) is 7.88. The van der Waals surface area contributed by atoms with E-state index >= 15 is 0 Å². The van der Waals surface area contributed by atoms with Gasteiger partial charge in [0.15, 0.2) is 5.37 Å². The van der Waals surface area contributed by atoms with E-state index in [9.17, 15) is 26.4 Å². The quantitative estimate of drug-likeness (QED) is 0.869. The van der Waals surface area contributed by atoms with Gasteiger partial charge in [-0.2, -0.15) is 13.2 Å². The van der Waals surface area contributed by atoms with Gasteiger partial charge in [0.05, 0.1) is 5.69 Å². The zero-order valence-corrected chi connectivity index (χ0v) is 13.8. The molecule has 6 nitrogen and oxygen atoms in total. The molecule has 25 heavy (non-hydrogen) atoms. The summed E-state index contributed by atoms with van der Waals surface area (Å²) in [6.07, 6.45) is 2.28. The fourth-order valence-corrected chi connectivity index (χ4v) is 4.24. The summed E-state index contributed by atoms with van der Waals surface area (Å²) in [5.41, 5.74) is 0.127. The lowest BCUT2D eigenvalue weighted by Gasteiger charge is -2.42. The topological polar surface area (TPSA) is 83.7 Å². The van der Waals surface area contributed by atoms with Gasteiger partial charge in [0.2, 0.25) is 5.91 Å². The Labute approximate surface area is 142 Å². The SMILES string of the molecule is NC(=O)C1=CC(S(=O)(=O)C(F)(F)F)N(N2CCCC2)c2ccccc21. The van der Waals surface area contributed by atoms with E-state index in [0.29, 0.717) is 18.7 Å². The van der Waals surface area contributed by atoms with Crippen molar-refractivity contribution in [1.29, 1.82) is 0 Å². The van der Waals surface area contributed by atoms with Crippen LogP contribution in [0.4, 0.5) is 18.9 Å². The van der Waals surface area contributed by atoms with Crippen LogP contribution in [0.2, 0.25) is 0 Å². The van der Waals surface area contributed by atoms with Crippen LogP contribution in [-0.4, -0.2) is 43.3 Å². The first-order valence-electron chi connectivity index (χ1n) is 7.60. The van der Waals surface area contributed by atoms with Crippen LogP contribution in [0, 0.1) is 0 Å². The Bertz CT molecular complexity index is 830. The van der Waals surface area contributed by atoms with Gasteiger partial charge in [0.25, 0.3) is 9.84 Å². The average Bonchev–Trinajstić information content (AvgIpc) is 3.05. The lowest BCUT2D eigenvalue weighted by atomic mass is 9.99. The third-order valence-corrected chi connectivity index (χ3v) is 5.90. The van der Waals surface area contributed by atoms with Crippen LogP contribution in [0.1, 0.15) is 18.4 Å². The second kappa shape index (κ2) is 6.03. The molecule has 0 aliphatic carbocycles. The lowest BCUT2D eigenvalue weighted by molar-refractivity contribution is -0.112. The first-order chi connectivity index (χ1) is 11.6. The molecule has 2 N–H and O–H groups in total. The predicted octanol–water partition coefficient (Wildman–Crippen LogP) is 1.65. The van der Waals surface area contributed by atoms with E-state index in [4.69, 9.17) is 5.73 Å². The standard InChI is InChI=1S/C15H16F3N3O3S/c16-15(17,18)25(23,24)13-9-11(14(19)22)10-5-1-2-6-12(10)21(13)20-7-3-4-8-20/h1-2,5-6,9,13H,3-4,7-8H2,(H2,19,22). The van der Waals surface area contributed by atoms with Gasteiger partial charge in [-0.1, -0.05) is 18.2 Å². The van der Waals surface area contributed by atoms with Gasteiger partial charge >= 0.3 is 5.51 Å². The van der Waals surface area contributed by atoms with Crippen molar-refractivity contribution in [2.45, 2.75) is 23.7 Å². The number of rotatable bonds is 3. The number of benzene rings is 1. The average molecular weight is 375 g/mol. The van der Waals surface area contributed by atoms with E-state index in [-0.39, 0.29) is 11.3 Å². The number of alkyl halides is 3. The molecule has 1 aromatic carbocycles. The Morgan fingerprint density at radius 1 is 1.16 bits per heavy atom. The van der Waals surface area contributed by atoms with Crippen molar-refractivity contribution in [3.8, 4) is 0 Å². The number of anilines is 1. The van der Waals surface area contributed by atoms with E-state index in [1.807, 2.05) is 0 Å². The number of hydrazine groups is 1. The van der Waals surface area contributed by atoms with Crippen LogP contribution in [0.25, 0.3) is 5.57 Å². The second-order valence-electron chi connectivity index (χ2n) is 5.85. The maximum Gasteiger partial charge on any atom is 0.499 e. The number of nitrogens with two attached hydrogens (primary N) is 1. The first-order valence-corrected chi connectivity index (χ1v) is 9.14. The van der Waals surface area contributed by atoms with Crippen LogP contribution in [0.15, 0.2) is 30.3 Å². The first kappa shape index (κ1) is 17.7. The van der Waals surface area contributed by atoms with E-state index in [1.165, 1.54) is 12.1 Å². The van der Waals surface area contributed by atoms with Gasteiger partial charge in [0, 0.05) is 24.2 Å². The molecular weight excluding hydrogens is 359 g/mol. The molecule has 2 aliphatic heterocycles. The van der Waals surface area contributed by atoms with Crippen LogP contribution in [0.3, 0.4) is 0 Å². The molecule has 0 spiro atoms. The number of fused-ring (bicyclic) bond motifs is 1. The summed E-state index contributed by atoms with van der Waals surface area (Å²) < 4.78 is 63.9. The zero-order valence-electron chi connectivity index (χ0n) is 13.0. The highest BCUT2D eigenvalue weighted by atomic mass is 32.2. The van der Waals surface area contributed by atoms with Crippen LogP contribution in [-0.2, 0) is 14.6 Å². The fourth-order valence-electron chi connectivity index (χ4n) is 3.14. The van der Waals surface area contributed by atoms with Crippen LogP contribution in [0.5, 0.6) is 0 Å². The number of carbonyl (C=O) groups is 1. The van der Waals surface area contributed by atoms with Crippen molar-refractivity contribution in [3.63, 3.8) is 0 Å². The maximum atomic E-state index is 13.2. The molecule has 3 rings (SSSR count). The summed E-state index contributed by atoms with van der Waals surface area (Å²) in [6.45, 7) is 0.857. The number of hydrogen-bond acceptors (Lipinski definition) is 5. The van der Waals surface area contributed by atoms with Crippen LogP contribution < -0.4 is 10.7 Å². The van der Waals surface area contributed by atoms with E-state index < -0.39 is 26.6 Å². The predicted molar refractivity (Wildman–Crippen MR) is 85.7 cm³/mol. The fraction of sp³-hybridized carbons (Fsp3) is 0.400. The summed E-state index contributed by atoms with van der Waals surface area (Å²) >= 11 is 0. The highest BCUT2D eigenvalue weighted by molar-refractivity contribution is 7.93. The summed E-state index contributed by atoms with van der Waals surface area (Å²) in [4.78, 5) is 11.7. The van der Waals surface area contributed by atoms with Gasteiger partial charge in [-0.3, -0.25) is 9.80 Å². The largest absolute Gasteiger partial charge is 0.499 e. The Kier molecular flexibility index (Phi) is 4.28. The monoisotopic (exact) mass is 375 g/mol. The van der Waals surface area contributed by atoms with Crippen molar-refractivity contribution in [1.82, 2.24) is 5.01 Å². The van der Waals surface area contributed by atoms with E-state index in [1.54, 1.807) is 17.1 Å². The minimum Gasteiger partial charge on any atom is -0.366 e. The molecule has 1 fully saturated rings. The molecule has 1 aromatic rings. The van der Waals surface area contributed by atoms with Crippen molar-refractivity contribution in [2.24, 2.45) is 5.73 Å². The molecule has 1 atom stereocenters. The molecule has 0 bridgehead atoms. The molecule has 10 heteroatoms. The number of carbonyl (C=O) groups excluding carboxylic acids is 1. The number of sulfone groups is 1. The molecule has 2 heterocycles. The number of hydrogen-bond donors (Lipinski definition) is 1. The van der Waals surface area contributed by atoms with Gasteiger partial charge in [-0.15, -0.1) is 0 Å². The van der Waals surface area contributed by atoms with Crippen molar-refractivity contribution < 1.29 is 26.4 Å². The summed E-state index contributed by atoms with van der Waals surface area (Å²) in [7, 11) is -5.60. The Balaban J connectivity index is 2.23. The molecular formula is C15H16F3N3O3S. The zero-order chi connectivity index (χ0) is 18.4. The summed E-state index contributed by atoms with van der Waals surface area (Å²) in [6, 6.07) is 6.20. The van der Waals surface area contributed by atoms with Crippen molar-refractivity contribution >= 4 is 27.0 Å². The van der Waals surface area contributed by atoms with Crippen LogP contribution >= 0.6 is 0 Å². The van der Waals surface area contributed by atoms with E-state index in [0.717, 1.165) is 23.9 Å². The van der Waals surface area contributed by atoms with Gasteiger partial charge in [-0.25, -0.2) is 13.4 Å². The highest BCUT2D eigenvalue weighted by Gasteiger charge is 2.54. The van der Waals surface area contributed by atoms with Gasteiger partial charge in [-0.05, 0) is 25.0 Å². The molecule has 0 radical (unpaired) electrons. The highest BCUT2D eigenvalue weighted by Crippen LogP contribution is 2.41. The van der Waals surface area contributed by atoms with E-state index in [2.05, 4.69) is 0 Å². The number of primary amides is 1. The minimum absolute atomic E-state index is 0.221. The number of halogens is 3. The van der Waals surface area contributed by atoms with Crippen molar-refractivity contribution in [2.75, 3.05) is 18.1 Å².